The van der Waals surface area contributed by atoms with Gasteiger partial charge in [0.1, 0.15) is 19.1 Å². The summed E-state index contributed by atoms with van der Waals surface area (Å²) in [6.07, 6.45) is 0. The van der Waals surface area contributed by atoms with Crippen LogP contribution in [0.2, 0.25) is 0 Å². The zero-order chi connectivity index (χ0) is 20.8. The number of carbonyl (C=O) groups is 1. The molecule has 0 aliphatic carbocycles. The first-order valence-corrected chi connectivity index (χ1v) is 10.7. The molecule has 2 atom stereocenters. The van der Waals surface area contributed by atoms with Crippen LogP contribution in [-0.2, 0) is 4.74 Å². The molecule has 1 saturated heterocycles. The summed E-state index contributed by atoms with van der Waals surface area (Å²) in [4.78, 5) is 14.4. The van der Waals surface area contributed by atoms with Crippen LogP contribution in [0.3, 0.4) is 0 Å². The molecule has 0 spiro atoms. The van der Waals surface area contributed by atoms with Crippen LogP contribution >= 0.6 is 0 Å². The van der Waals surface area contributed by atoms with Gasteiger partial charge < -0.3 is 15.0 Å². The number of quaternary nitrogens is 1. The Labute approximate surface area is 178 Å². The molecule has 1 aliphatic heterocycles. The van der Waals surface area contributed by atoms with E-state index in [-0.39, 0.29) is 18.0 Å². The molecule has 0 unspecified atom stereocenters. The van der Waals surface area contributed by atoms with Gasteiger partial charge in [-0.25, -0.2) is 0 Å². The molecule has 30 heavy (non-hydrogen) atoms. The van der Waals surface area contributed by atoms with Gasteiger partial charge in [0.15, 0.2) is 0 Å². The van der Waals surface area contributed by atoms with Crippen molar-refractivity contribution in [2.24, 2.45) is 0 Å². The maximum atomic E-state index is 13.0. The van der Waals surface area contributed by atoms with E-state index in [1.165, 1.54) is 10.5 Å². The molecular weight excluding hydrogens is 372 g/mol. The minimum Gasteiger partial charge on any atom is -0.370 e. The third kappa shape index (κ3) is 4.78. The monoisotopic (exact) mass is 401 g/mol. The number of benzene rings is 3. The SMILES string of the molecule is C[C@H](NC(=O)c1ccc(-c2ccccc2)cc1)[C@@H](c1ccccc1)[NH+]1CCOCC1. The highest BCUT2D eigenvalue weighted by molar-refractivity contribution is 5.94. The van der Waals surface area contributed by atoms with E-state index in [0.29, 0.717) is 5.56 Å². The molecule has 1 heterocycles. The van der Waals surface area contributed by atoms with Crippen LogP contribution in [0.25, 0.3) is 11.1 Å². The summed E-state index contributed by atoms with van der Waals surface area (Å²) < 4.78 is 5.56. The largest absolute Gasteiger partial charge is 0.370 e. The fraction of sp³-hybridized carbons (Fsp3) is 0.269. The van der Waals surface area contributed by atoms with Gasteiger partial charge in [-0.3, -0.25) is 4.79 Å². The predicted molar refractivity (Wildman–Crippen MR) is 120 cm³/mol. The molecule has 3 aromatic rings. The van der Waals surface area contributed by atoms with Crippen LogP contribution in [0, 0.1) is 0 Å². The van der Waals surface area contributed by atoms with Crippen molar-refractivity contribution in [1.82, 2.24) is 5.32 Å². The van der Waals surface area contributed by atoms with E-state index in [1.54, 1.807) is 0 Å². The summed E-state index contributed by atoms with van der Waals surface area (Å²) in [6.45, 7) is 5.54. The Morgan fingerprint density at radius 1 is 0.833 bits per heavy atom. The standard InChI is InChI=1S/C26H28N2O2/c1-20(25(23-10-6-3-7-11-23)28-16-18-30-19-17-28)27-26(29)24-14-12-22(13-15-24)21-8-4-2-5-9-21/h2-15,20,25H,16-19H2,1H3,(H,27,29)/p+1/t20-,25-/m0/s1. The van der Waals surface area contributed by atoms with Crippen LogP contribution in [0.1, 0.15) is 28.9 Å². The molecule has 1 amide bonds. The molecule has 4 nitrogen and oxygen atoms in total. The fourth-order valence-corrected chi connectivity index (χ4v) is 4.30. The van der Waals surface area contributed by atoms with Crippen LogP contribution in [-0.4, -0.2) is 38.3 Å². The number of hydrogen-bond acceptors (Lipinski definition) is 2. The second kappa shape index (κ2) is 9.70. The van der Waals surface area contributed by atoms with Crippen LogP contribution < -0.4 is 10.2 Å². The van der Waals surface area contributed by atoms with Gasteiger partial charge in [0.2, 0.25) is 0 Å². The van der Waals surface area contributed by atoms with Crippen molar-refractivity contribution in [3.8, 4) is 11.1 Å². The molecule has 4 heteroatoms. The highest BCUT2D eigenvalue weighted by Crippen LogP contribution is 2.20. The summed E-state index contributed by atoms with van der Waals surface area (Å²) >= 11 is 0. The van der Waals surface area contributed by atoms with Gasteiger partial charge in [-0.15, -0.1) is 0 Å². The van der Waals surface area contributed by atoms with Gasteiger partial charge in [0, 0.05) is 11.1 Å². The van der Waals surface area contributed by atoms with Crippen molar-refractivity contribution >= 4 is 5.91 Å². The highest BCUT2D eigenvalue weighted by Gasteiger charge is 2.32. The summed E-state index contributed by atoms with van der Waals surface area (Å²) in [5, 5.41) is 3.25. The van der Waals surface area contributed by atoms with Gasteiger partial charge in [-0.1, -0.05) is 72.8 Å². The van der Waals surface area contributed by atoms with Crippen molar-refractivity contribution in [2.45, 2.75) is 19.0 Å². The quantitative estimate of drug-likeness (QED) is 0.667. The Bertz CT molecular complexity index is 936. The molecule has 0 aromatic heterocycles. The lowest BCUT2D eigenvalue weighted by Crippen LogP contribution is -3.15. The third-order valence-corrected chi connectivity index (χ3v) is 5.85. The van der Waals surface area contributed by atoms with Gasteiger partial charge in [0.25, 0.3) is 5.91 Å². The molecule has 0 bridgehead atoms. The molecule has 154 valence electrons. The van der Waals surface area contributed by atoms with Crippen LogP contribution in [0.4, 0.5) is 0 Å². The van der Waals surface area contributed by atoms with Crippen molar-refractivity contribution in [2.75, 3.05) is 26.3 Å². The number of hydrogen-bond donors (Lipinski definition) is 2. The van der Waals surface area contributed by atoms with E-state index in [1.807, 2.05) is 48.5 Å². The van der Waals surface area contributed by atoms with Crippen molar-refractivity contribution in [1.29, 1.82) is 0 Å². The first-order chi connectivity index (χ1) is 14.7. The van der Waals surface area contributed by atoms with Gasteiger partial charge in [-0.2, -0.15) is 0 Å². The Kier molecular flexibility index (Phi) is 6.57. The maximum absolute atomic E-state index is 13.0. The second-order valence-electron chi connectivity index (χ2n) is 7.86. The van der Waals surface area contributed by atoms with Gasteiger partial charge in [-0.05, 0) is 30.2 Å². The van der Waals surface area contributed by atoms with E-state index < -0.39 is 0 Å². The number of nitrogens with one attached hydrogen (secondary N) is 2. The minimum absolute atomic E-state index is 0.00167. The number of morpholine rings is 1. The number of carbonyl (C=O) groups excluding carboxylic acids is 1. The lowest BCUT2D eigenvalue weighted by atomic mass is 9.97. The Hall–Kier alpha value is -2.95. The average Bonchev–Trinajstić information content (AvgIpc) is 2.81. The molecule has 3 aromatic carbocycles. The fourth-order valence-electron chi connectivity index (χ4n) is 4.30. The summed E-state index contributed by atoms with van der Waals surface area (Å²) in [5.41, 5.74) is 4.20. The number of ether oxygens (including phenoxy) is 1. The van der Waals surface area contributed by atoms with Crippen molar-refractivity contribution in [3.05, 3.63) is 96.1 Å². The first kappa shape index (κ1) is 20.3. The van der Waals surface area contributed by atoms with Crippen molar-refractivity contribution < 1.29 is 14.4 Å². The lowest BCUT2D eigenvalue weighted by Gasteiger charge is -2.35. The molecular formula is C26H29N2O2+. The molecule has 0 radical (unpaired) electrons. The topological polar surface area (TPSA) is 42.8 Å². The molecule has 2 N–H and O–H groups in total. The Morgan fingerprint density at radius 2 is 1.40 bits per heavy atom. The van der Waals surface area contributed by atoms with E-state index in [4.69, 9.17) is 4.74 Å². The van der Waals surface area contributed by atoms with E-state index >= 15 is 0 Å². The number of amides is 1. The van der Waals surface area contributed by atoms with Crippen LogP contribution in [0.5, 0.6) is 0 Å². The third-order valence-electron chi connectivity index (χ3n) is 5.85. The smallest absolute Gasteiger partial charge is 0.251 e. The summed E-state index contributed by atoms with van der Waals surface area (Å²) in [6, 6.07) is 28.7. The Morgan fingerprint density at radius 3 is 2.03 bits per heavy atom. The summed E-state index contributed by atoms with van der Waals surface area (Å²) in [5.74, 6) is -0.0318. The summed E-state index contributed by atoms with van der Waals surface area (Å²) in [7, 11) is 0. The van der Waals surface area contributed by atoms with E-state index in [2.05, 4.69) is 48.6 Å². The molecule has 1 aliphatic rings. The highest BCUT2D eigenvalue weighted by atomic mass is 16.5. The second-order valence-corrected chi connectivity index (χ2v) is 7.86. The normalized spacial score (nSPS) is 16.6. The molecule has 4 rings (SSSR count). The lowest BCUT2D eigenvalue weighted by molar-refractivity contribution is -0.940. The molecule has 0 saturated carbocycles. The van der Waals surface area contributed by atoms with E-state index in [0.717, 1.165) is 37.4 Å². The Balaban J connectivity index is 1.49. The van der Waals surface area contributed by atoms with Gasteiger partial charge in [0.05, 0.1) is 19.3 Å². The van der Waals surface area contributed by atoms with Gasteiger partial charge >= 0.3 is 0 Å². The molecule has 1 fully saturated rings. The van der Waals surface area contributed by atoms with Crippen LogP contribution in [0.15, 0.2) is 84.9 Å². The predicted octanol–water partition coefficient (Wildman–Crippen LogP) is 3.13. The average molecular weight is 402 g/mol. The van der Waals surface area contributed by atoms with Crippen molar-refractivity contribution in [3.63, 3.8) is 0 Å². The van der Waals surface area contributed by atoms with E-state index in [9.17, 15) is 4.79 Å². The zero-order valence-electron chi connectivity index (χ0n) is 17.4. The maximum Gasteiger partial charge on any atom is 0.251 e. The number of rotatable bonds is 6. The first-order valence-electron chi connectivity index (χ1n) is 10.7. The minimum atomic E-state index is -0.0318. The zero-order valence-corrected chi connectivity index (χ0v) is 17.4.